The molecule has 1 N–H and O–H groups in total. The number of nitrogens with zero attached hydrogens (tertiary/aromatic N) is 1. The van der Waals surface area contributed by atoms with Gasteiger partial charge in [-0.2, -0.15) is 0 Å². The molecular weight excluding hydrogens is 599 g/mol. The SMILES string of the molecule is CC(=O)C=C(C)O.[Ir].[c-]1ccc2ccccc2c1-c1cc2c3c(cccc3n1)-c1ccccc1-2. The number of aliphatic hydroxyl groups is 1. The molecule has 6 rings (SSSR count). The van der Waals surface area contributed by atoms with E-state index in [1.807, 2.05) is 6.07 Å². The maximum atomic E-state index is 10.0. The Balaban J connectivity index is 0.000000303. The van der Waals surface area contributed by atoms with Gasteiger partial charge in [0.1, 0.15) is 0 Å². The average Bonchev–Trinajstić information content (AvgIpc) is 3.14. The third-order valence-electron chi connectivity index (χ3n) is 5.73. The van der Waals surface area contributed by atoms with E-state index < -0.39 is 0 Å². The molecule has 0 amide bonds. The second-order valence-corrected chi connectivity index (χ2v) is 8.14. The first-order valence-corrected chi connectivity index (χ1v) is 10.8. The normalized spacial score (nSPS) is 11.4. The molecular formula is C30H22IrNO2-. The van der Waals surface area contributed by atoms with Crippen LogP contribution in [0.25, 0.3) is 55.2 Å². The molecule has 4 heteroatoms. The first-order chi connectivity index (χ1) is 16.0. The summed E-state index contributed by atoms with van der Waals surface area (Å²) >= 11 is 0. The van der Waals surface area contributed by atoms with Crippen molar-refractivity contribution in [2.75, 3.05) is 0 Å². The summed E-state index contributed by atoms with van der Waals surface area (Å²) in [6.07, 6.45) is 1.17. The van der Waals surface area contributed by atoms with Crippen molar-refractivity contribution in [1.82, 2.24) is 4.98 Å². The fraction of sp³-hybridized carbons (Fsp3) is 0.0667. The van der Waals surface area contributed by atoms with Crippen LogP contribution in [0.1, 0.15) is 13.8 Å². The number of pyridine rings is 1. The Morgan fingerprint density at radius 3 is 2.24 bits per heavy atom. The largest absolute Gasteiger partial charge is 0.512 e. The Labute approximate surface area is 212 Å². The smallest absolute Gasteiger partial charge is 0.155 e. The summed E-state index contributed by atoms with van der Waals surface area (Å²) in [4.78, 5) is 15.0. The molecule has 1 radical (unpaired) electrons. The molecule has 4 aromatic carbocycles. The van der Waals surface area contributed by atoms with Crippen molar-refractivity contribution in [2.24, 2.45) is 0 Å². The summed E-state index contributed by atoms with van der Waals surface area (Å²) in [7, 11) is 0. The summed E-state index contributed by atoms with van der Waals surface area (Å²) in [5.41, 5.74) is 8.25. The predicted molar refractivity (Wildman–Crippen MR) is 135 cm³/mol. The van der Waals surface area contributed by atoms with Crippen LogP contribution < -0.4 is 0 Å². The number of allylic oxidation sites excluding steroid dienone is 2. The van der Waals surface area contributed by atoms with E-state index in [-0.39, 0.29) is 31.6 Å². The zero-order valence-electron chi connectivity index (χ0n) is 18.8. The Morgan fingerprint density at radius 1 is 0.853 bits per heavy atom. The van der Waals surface area contributed by atoms with E-state index in [4.69, 9.17) is 10.1 Å². The molecule has 3 nitrogen and oxygen atoms in total. The number of carbonyl (C=O) groups is 1. The number of hydrogen-bond acceptors (Lipinski definition) is 3. The van der Waals surface area contributed by atoms with Gasteiger partial charge in [-0.3, -0.25) is 9.78 Å². The molecule has 0 atom stereocenters. The van der Waals surface area contributed by atoms with E-state index in [9.17, 15) is 4.79 Å². The van der Waals surface area contributed by atoms with Gasteiger partial charge in [0.05, 0.1) is 11.3 Å². The molecule has 34 heavy (non-hydrogen) atoms. The molecule has 1 aromatic heterocycles. The topological polar surface area (TPSA) is 50.2 Å². The number of aromatic nitrogens is 1. The third kappa shape index (κ3) is 4.31. The summed E-state index contributed by atoms with van der Waals surface area (Å²) in [5.74, 6) is -0.0625. The zero-order chi connectivity index (χ0) is 22.9. The molecule has 1 aliphatic rings. The van der Waals surface area contributed by atoms with Crippen LogP contribution >= 0.6 is 0 Å². The molecule has 0 fully saturated rings. The van der Waals surface area contributed by atoms with E-state index in [1.54, 1.807) is 0 Å². The number of fused-ring (bicyclic) bond motifs is 4. The van der Waals surface area contributed by atoms with Gasteiger partial charge >= 0.3 is 0 Å². The van der Waals surface area contributed by atoms with Crippen molar-refractivity contribution in [3.05, 3.63) is 103 Å². The minimum atomic E-state index is -0.125. The number of benzene rings is 4. The Kier molecular flexibility index (Phi) is 6.74. The second kappa shape index (κ2) is 9.72. The van der Waals surface area contributed by atoms with Gasteiger partial charge < -0.3 is 5.11 Å². The van der Waals surface area contributed by atoms with Gasteiger partial charge in [-0.25, -0.2) is 0 Å². The van der Waals surface area contributed by atoms with E-state index in [1.165, 1.54) is 58.3 Å². The number of carbonyl (C=O) groups excluding carboxylic acids is 1. The standard InChI is InChI=1S/C25H14N.C5H8O2.Ir/c1-2-9-17-16(7-1)8-5-12-20(17)24-15-22-19-11-4-3-10-18(19)21-13-6-14-23(26-24)25(21)22;1-4(6)3-5(2)7;/h1-11,13-15H;3,6H,1-2H3;/q-1;;. The van der Waals surface area contributed by atoms with Crippen molar-refractivity contribution in [3.63, 3.8) is 0 Å². The van der Waals surface area contributed by atoms with Crippen LogP contribution in [0, 0.1) is 6.07 Å². The maximum absolute atomic E-state index is 10.0. The number of aliphatic hydroxyl groups excluding tert-OH is 1. The average molecular weight is 621 g/mol. The van der Waals surface area contributed by atoms with E-state index in [2.05, 4.69) is 84.9 Å². The van der Waals surface area contributed by atoms with Crippen molar-refractivity contribution < 1.29 is 30.0 Å². The maximum Gasteiger partial charge on any atom is 0.155 e. The van der Waals surface area contributed by atoms with Crippen molar-refractivity contribution in [2.45, 2.75) is 13.8 Å². The molecule has 0 unspecified atom stereocenters. The van der Waals surface area contributed by atoms with Crippen LogP contribution in [-0.2, 0) is 24.9 Å². The van der Waals surface area contributed by atoms with Gasteiger partial charge in [0.25, 0.3) is 0 Å². The first-order valence-electron chi connectivity index (χ1n) is 10.8. The van der Waals surface area contributed by atoms with Gasteiger partial charge in [-0.05, 0) is 47.9 Å². The first kappa shape index (κ1) is 23.6. The van der Waals surface area contributed by atoms with E-state index in [0.29, 0.717) is 0 Å². The van der Waals surface area contributed by atoms with Crippen LogP contribution in [0.5, 0.6) is 0 Å². The zero-order valence-corrected chi connectivity index (χ0v) is 21.2. The van der Waals surface area contributed by atoms with Crippen LogP contribution in [0.3, 0.4) is 0 Å². The number of ketones is 1. The molecule has 1 heterocycles. The van der Waals surface area contributed by atoms with E-state index >= 15 is 0 Å². The number of rotatable bonds is 2. The van der Waals surface area contributed by atoms with Crippen LogP contribution in [0.15, 0.2) is 96.8 Å². The summed E-state index contributed by atoms with van der Waals surface area (Å²) in [5, 5.41) is 12.0. The third-order valence-corrected chi connectivity index (χ3v) is 5.73. The fourth-order valence-corrected chi connectivity index (χ4v) is 4.47. The predicted octanol–water partition coefficient (Wildman–Crippen LogP) is 7.54. The summed E-state index contributed by atoms with van der Waals surface area (Å²) < 4.78 is 0. The molecule has 0 spiro atoms. The second-order valence-electron chi connectivity index (χ2n) is 8.14. The Hall–Kier alpha value is -3.59. The summed E-state index contributed by atoms with van der Waals surface area (Å²) in [6, 6.07) is 33.2. The quantitative estimate of drug-likeness (QED) is 0.124. The van der Waals surface area contributed by atoms with Crippen LogP contribution in [-0.4, -0.2) is 15.9 Å². The van der Waals surface area contributed by atoms with Gasteiger partial charge in [-0.1, -0.05) is 72.1 Å². The minimum absolute atomic E-state index is 0. The Bertz CT molecular complexity index is 1560. The van der Waals surface area contributed by atoms with Gasteiger partial charge in [0.15, 0.2) is 5.78 Å². The Morgan fingerprint density at radius 2 is 1.53 bits per heavy atom. The van der Waals surface area contributed by atoms with Gasteiger partial charge in [0, 0.05) is 31.6 Å². The fourth-order valence-electron chi connectivity index (χ4n) is 4.47. The van der Waals surface area contributed by atoms with Crippen LogP contribution in [0.2, 0.25) is 0 Å². The monoisotopic (exact) mass is 621 g/mol. The molecule has 0 saturated carbocycles. The van der Waals surface area contributed by atoms with Gasteiger partial charge in [-0.15, -0.1) is 29.1 Å². The molecule has 1 aliphatic carbocycles. The van der Waals surface area contributed by atoms with E-state index in [0.717, 1.165) is 16.8 Å². The molecule has 0 aliphatic heterocycles. The van der Waals surface area contributed by atoms with Crippen molar-refractivity contribution >= 4 is 27.5 Å². The number of hydrogen-bond donors (Lipinski definition) is 1. The molecule has 0 bridgehead atoms. The molecule has 5 aromatic rings. The van der Waals surface area contributed by atoms with Crippen molar-refractivity contribution in [3.8, 4) is 33.5 Å². The van der Waals surface area contributed by atoms with Crippen molar-refractivity contribution in [1.29, 1.82) is 0 Å². The van der Waals surface area contributed by atoms with Gasteiger partial charge in [0.2, 0.25) is 0 Å². The van der Waals surface area contributed by atoms with Crippen LogP contribution in [0.4, 0.5) is 0 Å². The molecule has 0 saturated heterocycles. The summed E-state index contributed by atoms with van der Waals surface area (Å²) in [6.45, 7) is 2.85. The minimum Gasteiger partial charge on any atom is -0.512 e. The molecule has 169 valence electrons.